The average Bonchev–Trinajstić information content (AvgIpc) is 1.64. The van der Waals surface area contributed by atoms with E-state index in [9.17, 15) is 0 Å². The van der Waals surface area contributed by atoms with Gasteiger partial charge in [-0.05, 0) is 24.4 Å². The fourth-order valence-electron chi connectivity index (χ4n) is 0.315. The summed E-state index contributed by atoms with van der Waals surface area (Å²) in [6.45, 7) is 0. The number of H-pyrrole nitrogens is 2. The Hall–Kier alpha value is 1.45. The maximum atomic E-state index is 4.68. The number of nitrogens with zero attached hydrogens (tertiary/aromatic N) is 1. The van der Waals surface area contributed by atoms with Gasteiger partial charge in [-0.1, -0.05) is 0 Å². The van der Waals surface area contributed by atoms with Crippen LogP contribution in [0.5, 0.6) is 0 Å². The van der Waals surface area contributed by atoms with E-state index in [4.69, 9.17) is 0 Å². The maximum absolute atomic E-state index is 4.68. The van der Waals surface area contributed by atoms with Gasteiger partial charge < -0.3 is 12.8 Å². The summed E-state index contributed by atoms with van der Waals surface area (Å²) < 4.78 is 0.916. The molecule has 0 aromatic carbocycles. The van der Waals surface area contributed by atoms with Crippen LogP contribution in [0, 0.1) is 9.54 Å². The van der Waals surface area contributed by atoms with Crippen molar-refractivity contribution in [3.05, 3.63) is 15.9 Å². The molecule has 0 atom stereocenters. The molecule has 0 aliphatic heterocycles. The second kappa shape index (κ2) is 7.12. The van der Waals surface area contributed by atoms with Crippen LogP contribution in [0.25, 0.3) is 0 Å². The van der Waals surface area contributed by atoms with Gasteiger partial charge in [0, 0.05) is 0 Å². The molecular formula is C3H5N3Na2S2. The van der Waals surface area contributed by atoms with Crippen LogP contribution in [0.15, 0.2) is 6.33 Å². The number of hydrogen-bond donors (Lipinski definition) is 2. The Kier molecular flexibility index (Phi) is 9.97. The molecule has 0 unspecified atom stereocenters. The minimum Gasteiger partial charge on any atom is -1.00 e. The molecule has 3 nitrogen and oxygen atoms in total. The maximum Gasteiger partial charge on any atom is 1.00 e. The van der Waals surface area contributed by atoms with Crippen molar-refractivity contribution in [1.29, 1.82) is 0 Å². The number of nitrogens with one attached hydrogen (secondary N) is 2. The zero-order valence-electron chi connectivity index (χ0n) is 7.84. The summed E-state index contributed by atoms with van der Waals surface area (Å²) in [6, 6.07) is 0. The van der Waals surface area contributed by atoms with E-state index in [1.54, 1.807) is 0 Å². The minimum atomic E-state index is 0. The van der Waals surface area contributed by atoms with Gasteiger partial charge in [-0.25, -0.2) is 4.98 Å². The third-order valence-electron chi connectivity index (χ3n) is 0.598. The van der Waals surface area contributed by atoms with Crippen LogP contribution in [0.1, 0.15) is 2.85 Å². The molecule has 1 rings (SSSR count). The van der Waals surface area contributed by atoms with Gasteiger partial charge in [0.1, 0.15) is 0 Å². The fourth-order valence-corrected chi connectivity index (χ4v) is 0.684. The average molecular weight is 193 g/mol. The summed E-state index contributed by atoms with van der Waals surface area (Å²) in [4.78, 5) is 8.96. The van der Waals surface area contributed by atoms with Gasteiger partial charge in [-0.15, -0.1) is 0 Å². The molecule has 0 radical (unpaired) electrons. The van der Waals surface area contributed by atoms with Crippen molar-refractivity contribution in [2.24, 2.45) is 0 Å². The summed E-state index contributed by atoms with van der Waals surface area (Å²) in [6.07, 6.45) is 1.46. The molecule has 0 fully saturated rings. The Morgan fingerprint density at radius 3 is 2.30 bits per heavy atom. The number of hydrogen-bond acceptors (Lipinski definition) is 3. The molecular weight excluding hydrogens is 188 g/mol. The zero-order valence-corrected chi connectivity index (χ0v) is 11.5. The van der Waals surface area contributed by atoms with E-state index in [0.717, 1.165) is 0 Å². The first-order valence-electron chi connectivity index (χ1n) is 1.93. The van der Waals surface area contributed by atoms with Gasteiger partial charge in [0.05, 0.1) is 6.33 Å². The summed E-state index contributed by atoms with van der Waals surface area (Å²) in [5.41, 5.74) is 0. The smallest absolute Gasteiger partial charge is 1.00 e. The predicted octanol–water partition coefficient (Wildman–Crippen LogP) is -4.57. The van der Waals surface area contributed by atoms with Gasteiger partial charge in [-0.2, -0.15) is 0 Å². The molecule has 0 bridgehead atoms. The Labute approximate surface area is 116 Å². The molecule has 2 N–H and O–H groups in total. The van der Waals surface area contributed by atoms with Gasteiger partial charge in [0.15, 0.2) is 9.54 Å². The Morgan fingerprint density at radius 1 is 1.40 bits per heavy atom. The Bertz CT molecular complexity index is 262. The topological polar surface area (TPSA) is 44.5 Å². The second-order valence-electron chi connectivity index (χ2n) is 1.16. The molecule has 1 aromatic rings. The van der Waals surface area contributed by atoms with Crippen molar-refractivity contribution in [1.82, 2.24) is 15.0 Å². The van der Waals surface area contributed by atoms with Crippen LogP contribution < -0.4 is 59.1 Å². The predicted molar refractivity (Wildman–Crippen MR) is 36.8 cm³/mol. The number of rotatable bonds is 0. The van der Waals surface area contributed by atoms with Crippen molar-refractivity contribution in [3.8, 4) is 0 Å². The molecule has 0 aliphatic rings. The van der Waals surface area contributed by atoms with Crippen LogP contribution in [-0.2, 0) is 0 Å². The van der Waals surface area contributed by atoms with Crippen molar-refractivity contribution in [2.75, 3.05) is 0 Å². The third kappa shape index (κ3) is 5.15. The minimum absolute atomic E-state index is 0. The van der Waals surface area contributed by atoms with Gasteiger partial charge in [0.25, 0.3) is 0 Å². The molecule has 10 heavy (non-hydrogen) atoms. The number of aromatic amines is 2. The van der Waals surface area contributed by atoms with Crippen molar-refractivity contribution >= 4 is 24.4 Å². The van der Waals surface area contributed by atoms with Crippen LogP contribution >= 0.6 is 24.4 Å². The van der Waals surface area contributed by atoms with Crippen LogP contribution in [-0.4, -0.2) is 15.0 Å². The van der Waals surface area contributed by atoms with E-state index in [1.807, 2.05) is 0 Å². The van der Waals surface area contributed by atoms with Crippen LogP contribution in [0.4, 0.5) is 0 Å². The van der Waals surface area contributed by atoms with E-state index in [0.29, 0.717) is 9.54 Å². The first-order chi connectivity index (χ1) is 3.79. The standard InChI is InChI=1S/C3H3N3S2.2Na.2H/c7-2-4-1-5-3(8)6-2;;;;/h1H,(H2,4,5,6,7,8);;;;/q;2*+1;2*-1. The van der Waals surface area contributed by atoms with Crippen LogP contribution in [0.3, 0.4) is 0 Å². The molecule has 0 spiro atoms. The molecule has 0 saturated carbocycles. The molecule has 7 heteroatoms. The summed E-state index contributed by atoms with van der Waals surface area (Å²) in [5, 5.41) is 0. The van der Waals surface area contributed by atoms with Crippen molar-refractivity contribution in [3.63, 3.8) is 0 Å². The quantitative estimate of drug-likeness (QED) is 0.322. The second-order valence-corrected chi connectivity index (χ2v) is 1.96. The van der Waals surface area contributed by atoms with Crippen molar-refractivity contribution < 1.29 is 62.0 Å². The molecule has 46 valence electrons. The first kappa shape index (κ1) is 14.0. The first-order valence-corrected chi connectivity index (χ1v) is 2.75. The molecule has 0 amide bonds. The van der Waals surface area contributed by atoms with Crippen molar-refractivity contribution in [2.45, 2.75) is 0 Å². The van der Waals surface area contributed by atoms with E-state index in [-0.39, 0.29) is 62.0 Å². The van der Waals surface area contributed by atoms with E-state index < -0.39 is 0 Å². The third-order valence-corrected chi connectivity index (χ3v) is 1.03. The summed E-state index contributed by atoms with van der Waals surface area (Å²) >= 11 is 9.33. The molecule has 0 aliphatic carbocycles. The van der Waals surface area contributed by atoms with E-state index >= 15 is 0 Å². The van der Waals surface area contributed by atoms with Gasteiger partial charge in [0.2, 0.25) is 0 Å². The normalized spacial score (nSPS) is 7.20. The zero-order chi connectivity index (χ0) is 5.98. The van der Waals surface area contributed by atoms with Crippen LogP contribution in [0.2, 0.25) is 0 Å². The SMILES string of the molecule is S=c1nc[nH]c(=S)[nH]1.[H-].[H-].[Na+].[Na+]. The van der Waals surface area contributed by atoms with Gasteiger partial charge >= 0.3 is 59.1 Å². The van der Waals surface area contributed by atoms with E-state index in [2.05, 4.69) is 39.4 Å². The monoisotopic (exact) mass is 193 g/mol. The Balaban J connectivity index is -0.0000000800. The number of aromatic nitrogens is 3. The fraction of sp³-hybridized carbons (Fsp3) is 0. The summed E-state index contributed by atoms with van der Waals surface area (Å²) in [5.74, 6) is 0. The van der Waals surface area contributed by atoms with E-state index in [1.165, 1.54) is 6.33 Å². The molecule has 0 saturated heterocycles. The largest absolute Gasteiger partial charge is 1.00 e. The summed E-state index contributed by atoms with van der Waals surface area (Å²) in [7, 11) is 0. The molecule has 1 aromatic heterocycles. The molecule has 1 heterocycles. The Morgan fingerprint density at radius 2 is 2.00 bits per heavy atom. The van der Waals surface area contributed by atoms with Gasteiger partial charge in [-0.3, -0.25) is 0 Å².